The minimum atomic E-state index is -4.05. The van der Waals surface area contributed by atoms with Crippen molar-refractivity contribution in [2.24, 2.45) is 0 Å². The number of carbonyl (C=O) groups excluding carboxylic acids is 1. The van der Waals surface area contributed by atoms with Gasteiger partial charge in [0.05, 0.1) is 0 Å². The standard InChI is InChI=1S/C16H14O6S.CHF3/c1-2-16(17)21-14-5-3-4-6-15(14)22-23(18,19)13-8-11-7-12(9-13)20-10-11;2-1(3)4/h3-9H,2,10H2,1H3;1H. The topological polar surface area (TPSA) is 78.9 Å². The fourth-order valence-corrected chi connectivity index (χ4v) is 3.10. The van der Waals surface area contributed by atoms with Crippen LogP contribution in [0.3, 0.4) is 0 Å². The van der Waals surface area contributed by atoms with E-state index in [2.05, 4.69) is 0 Å². The van der Waals surface area contributed by atoms with Crippen LogP contribution in [0.5, 0.6) is 17.2 Å². The molecule has 0 unspecified atom stereocenters. The summed E-state index contributed by atoms with van der Waals surface area (Å²) in [5.74, 6) is 0.0243. The van der Waals surface area contributed by atoms with Crippen molar-refractivity contribution >= 4 is 16.1 Å². The van der Waals surface area contributed by atoms with Crippen LogP contribution in [0.2, 0.25) is 0 Å². The lowest BCUT2D eigenvalue weighted by Crippen LogP contribution is -2.12. The predicted molar refractivity (Wildman–Crippen MR) is 88.1 cm³/mol. The molecule has 0 aliphatic carbocycles. The van der Waals surface area contributed by atoms with Gasteiger partial charge < -0.3 is 13.7 Å². The molecule has 3 rings (SSSR count). The molecule has 146 valence electrons. The molecule has 0 aromatic heterocycles. The number of hydrogen-bond donors (Lipinski definition) is 0. The highest BCUT2D eigenvalue weighted by Gasteiger charge is 2.23. The smallest absolute Gasteiger partial charge is 0.379 e. The molecule has 1 heterocycles. The molecule has 0 radical (unpaired) electrons. The van der Waals surface area contributed by atoms with Gasteiger partial charge in [-0.05, 0) is 29.8 Å². The minimum Gasteiger partial charge on any atom is -0.489 e. The number of esters is 1. The number of fused-ring (bicyclic) bond motifs is 2. The highest BCUT2D eigenvalue weighted by molar-refractivity contribution is 7.87. The Hall–Kier alpha value is -2.75. The summed E-state index contributed by atoms with van der Waals surface area (Å²) < 4.78 is 69.3. The van der Waals surface area contributed by atoms with Crippen molar-refractivity contribution in [1.29, 1.82) is 0 Å². The Balaban J connectivity index is 0.000000596. The maximum absolute atomic E-state index is 12.4. The number of ether oxygens (including phenoxy) is 2. The average Bonchev–Trinajstić information content (AvgIpc) is 2.93. The molecule has 2 aromatic carbocycles. The average molecular weight is 404 g/mol. The van der Waals surface area contributed by atoms with E-state index in [9.17, 15) is 26.4 Å². The summed E-state index contributed by atoms with van der Waals surface area (Å²) in [6.07, 6.45) is 0.170. The van der Waals surface area contributed by atoms with Crippen LogP contribution in [-0.4, -0.2) is 21.1 Å². The zero-order valence-corrected chi connectivity index (χ0v) is 14.8. The molecule has 0 spiro atoms. The molecule has 0 amide bonds. The van der Waals surface area contributed by atoms with Crippen molar-refractivity contribution < 1.29 is 40.0 Å². The van der Waals surface area contributed by atoms with E-state index in [1.54, 1.807) is 25.1 Å². The SMILES string of the molecule is CCC(=O)Oc1ccccc1OS(=O)(=O)c1cc2cc(c1)OC2.FC(F)F. The molecule has 27 heavy (non-hydrogen) atoms. The molecule has 2 bridgehead atoms. The summed E-state index contributed by atoms with van der Waals surface area (Å²) in [6.45, 7) is -1.68. The molecule has 10 heteroatoms. The summed E-state index contributed by atoms with van der Waals surface area (Å²) >= 11 is 0. The number of rotatable bonds is 5. The van der Waals surface area contributed by atoms with E-state index in [-0.39, 0.29) is 22.8 Å². The minimum absolute atomic E-state index is 0.000814. The summed E-state index contributed by atoms with van der Waals surface area (Å²) in [5, 5.41) is 0. The molecule has 0 fully saturated rings. The van der Waals surface area contributed by atoms with Gasteiger partial charge >= 0.3 is 22.8 Å². The third-order valence-corrected chi connectivity index (χ3v) is 4.41. The maximum Gasteiger partial charge on any atom is 0.379 e. The molecule has 1 aliphatic rings. The van der Waals surface area contributed by atoms with Crippen LogP contribution < -0.4 is 13.7 Å². The lowest BCUT2D eigenvalue weighted by atomic mass is 10.2. The fourth-order valence-electron chi connectivity index (χ4n) is 2.07. The number of para-hydroxylation sites is 2. The molecule has 0 saturated heterocycles. The van der Waals surface area contributed by atoms with Gasteiger partial charge in [0.1, 0.15) is 17.3 Å². The van der Waals surface area contributed by atoms with E-state index >= 15 is 0 Å². The first-order valence-electron chi connectivity index (χ1n) is 7.64. The molecule has 6 nitrogen and oxygen atoms in total. The van der Waals surface area contributed by atoms with Crippen molar-refractivity contribution in [3.8, 4) is 17.2 Å². The second-order valence-corrected chi connectivity index (χ2v) is 6.71. The summed E-state index contributed by atoms with van der Waals surface area (Å²) in [6, 6.07) is 10.8. The lowest BCUT2D eigenvalue weighted by Gasteiger charge is -2.11. The van der Waals surface area contributed by atoms with E-state index in [1.165, 1.54) is 24.3 Å². The molecule has 1 aliphatic heterocycles. The zero-order chi connectivity index (χ0) is 20.0. The van der Waals surface area contributed by atoms with Crippen LogP contribution in [0, 0.1) is 0 Å². The molecule has 0 saturated carbocycles. The molecule has 0 atom stereocenters. The van der Waals surface area contributed by atoms with E-state index in [0.717, 1.165) is 5.56 Å². The largest absolute Gasteiger partial charge is 0.489 e. The van der Waals surface area contributed by atoms with Crippen LogP contribution in [0.1, 0.15) is 18.9 Å². The summed E-state index contributed by atoms with van der Waals surface area (Å²) in [7, 11) is -4.05. The van der Waals surface area contributed by atoms with E-state index < -0.39 is 22.8 Å². The van der Waals surface area contributed by atoms with Crippen molar-refractivity contribution in [2.45, 2.75) is 31.5 Å². The van der Waals surface area contributed by atoms with Crippen molar-refractivity contribution in [1.82, 2.24) is 0 Å². The van der Waals surface area contributed by atoms with Gasteiger partial charge in [-0.3, -0.25) is 4.79 Å². The first kappa shape index (κ1) is 20.6. The summed E-state index contributed by atoms with van der Waals surface area (Å²) in [5.41, 5.74) is 0.760. The normalized spacial score (nSPS) is 12.0. The van der Waals surface area contributed by atoms with Gasteiger partial charge in [0.2, 0.25) is 0 Å². The van der Waals surface area contributed by atoms with Gasteiger partial charge in [0.25, 0.3) is 0 Å². The van der Waals surface area contributed by atoms with Crippen LogP contribution in [0.15, 0.2) is 47.4 Å². The Bertz CT molecular complexity index is 890. The zero-order valence-electron chi connectivity index (χ0n) is 14.0. The van der Waals surface area contributed by atoms with E-state index in [4.69, 9.17) is 13.7 Å². The Morgan fingerprint density at radius 1 is 1.15 bits per heavy atom. The Kier molecular flexibility index (Phi) is 6.67. The van der Waals surface area contributed by atoms with Crippen molar-refractivity contribution in [3.63, 3.8) is 0 Å². The van der Waals surface area contributed by atoms with Crippen LogP contribution in [0.4, 0.5) is 13.2 Å². The predicted octanol–water partition coefficient (Wildman–Crippen LogP) is 3.84. The number of alkyl halides is 3. The highest BCUT2D eigenvalue weighted by Crippen LogP contribution is 2.32. The van der Waals surface area contributed by atoms with Crippen molar-refractivity contribution in [3.05, 3.63) is 48.0 Å². The molecule has 0 N–H and O–H groups in total. The highest BCUT2D eigenvalue weighted by atomic mass is 32.2. The Morgan fingerprint density at radius 3 is 2.37 bits per heavy atom. The number of carbonyl (C=O) groups is 1. The Labute approximate surface area is 153 Å². The van der Waals surface area contributed by atoms with Gasteiger partial charge in [-0.1, -0.05) is 19.1 Å². The maximum atomic E-state index is 12.4. The second-order valence-electron chi connectivity index (χ2n) is 5.16. The van der Waals surface area contributed by atoms with Gasteiger partial charge in [0.15, 0.2) is 11.5 Å². The van der Waals surface area contributed by atoms with Crippen LogP contribution >= 0.6 is 0 Å². The lowest BCUT2D eigenvalue weighted by molar-refractivity contribution is -0.134. The first-order valence-corrected chi connectivity index (χ1v) is 9.05. The molecular formula is C17H15F3O6S. The molecular weight excluding hydrogens is 389 g/mol. The summed E-state index contributed by atoms with van der Waals surface area (Å²) in [4.78, 5) is 11.4. The van der Waals surface area contributed by atoms with Gasteiger partial charge in [-0.15, -0.1) is 0 Å². The van der Waals surface area contributed by atoms with E-state index in [1.807, 2.05) is 0 Å². The van der Waals surface area contributed by atoms with Crippen LogP contribution in [-0.2, 0) is 21.5 Å². The first-order chi connectivity index (χ1) is 12.7. The van der Waals surface area contributed by atoms with Gasteiger partial charge in [-0.25, -0.2) is 0 Å². The number of hydrogen-bond acceptors (Lipinski definition) is 6. The fraction of sp³-hybridized carbons (Fsp3) is 0.235. The van der Waals surface area contributed by atoms with Gasteiger partial charge in [0, 0.05) is 12.5 Å². The number of halogens is 3. The van der Waals surface area contributed by atoms with Gasteiger partial charge in [-0.2, -0.15) is 21.6 Å². The van der Waals surface area contributed by atoms with E-state index in [0.29, 0.717) is 12.4 Å². The molecule has 2 aromatic rings. The third kappa shape index (κ3) is 5.88. The quantitative estimate of drug-likeness (QED) is 0.428. The number of benzene rings is 2. The van der Waals surface area contributed by atoms with Crippen LogP contribution in [0.25, 0.3) is 0 Å². The van der Waals surface area contributed by atoms with Crippen molar-refractivity contribution in [2.75, 3.05) is 0 Å². The Morgan fingerprint density at radius 2 is 1.78 bits per heavy atom. The monoisotopic (exact) mass is 404 g/mol. The second kappa shape index (κ2) is 8.76. The third-order valence-electron chi connectivity index (χ3n) is 3.20.